The van der Waals surface area contributed by atoms with E-state index in [0.717, 1.165) is 37.4 Å². The molecule has 0 saturated heterocycles. The van der Waals surface area contributed by atoms with E-state index in [-0.39, 0.29) is 5.97 Å². The Balaban J connectivity index is 2.09. The highest BCUT2D eigenvalue weighted by atomic mass is 32.2. The average molecular weight is 297 g/mol. The smallest absolute Gasteiger partial charge is 0.326 e. The van der Waals surface area contributed by atoms with Gasteiger partial charge in [-0.15, -0.1) is 0 Å². The Labute approximate surface area is 124 Å². The molecular weight excluding hydrogens is 274 g/mol. The fourth-order valence-electron chi connectivity index (χ4n) is 2.89. The Morgan fingerprint density at radius 2 is 2.50 bits per heavy atom. The van der Waals surface area contributed by atoms with E-state index in [4.69, 9.17) is 4.74 Å². The van der Waals surface area contributed by atoms with Crippen molar-refractivity contribution >= 4 is 17.7 Å². The van der Waals surface area contributed by atoms with Crippen molar-refractivity contribution in [1.29, 1.82) is 0 Å². The van der Waals surface area contributed by atoms with E-state index >= 15 is 0 Å². The highest BCUT2D eigenvalue weighted by Crippen LogP contribution is 2.38. The molecule has 1 aromatic heterocycles. The topological polar surface area (TPSA) is 56.1 Å². The maximum absolute atomic E-state index is 12.2. The van der Waals surface area contributed by atoms with Crippen LogP contribution >= 0.6 is 11.8 Å². The van der Waals surface area contributed by atoms with Gasteiger partial charge in [-0.25, -0.2) is 4.98 Å². The Morgan fingerprint density at radius 3 is 3.10 bits per heavy atom. The maximum Gasteiger partial charge on any atom is 0.326 e. The summed E-state index contributed by atoms with van der Waals surface area (Å²) >= 11 is 1.76. The lowest BCUT2D eigenvalue weighted by Gasteiger charge is -2.38. The molecule has 0 amide bonds. The van der Waals surface area contributed by atoms with Gasteiger partial charge in [-0.1, -0.05) is 18.7 Å². The second-order valence-electron chi connectivity index (χ2n) is 5.26. The first-order valence-corrected chi connectivity index (χ1v) is 7.96. The number of carbonyl (C=O) groups is 1. The van der Waals surface area contributed by atoms with Gasteiger partial charge in [-0.3, -0.25) is 4.79 Å². The number of esters is 1. The van der Waals surface area contributed by atoms with E-state index in [0.29, 0.717) is 5.25 Å². The first kappa shape index (κ1) is 15.4. The van der Waals surface area contributed by atoms with Crippen molar-refractivity contribution in [2.45, 2.75) is 48.6 Å². The number of hydrogen-bond acceptors (Lipinski definition) is 5. The molecule has 6 heteroatoms. The number of rotatable bonds is 5. The third-order valence-corrected chi connectivity index (χ3v) is 5.19. The zero-order valence-corrected chi connectivity index (χ0v) is 13.2. The van der Waals surface area contributed by atoms with Gasteiger partial charge in [0.1, 0.15) is 5.54 Å². The van der Waals surface area contributed by atoms with Crippen LogP contribution in [0, 0.1) is 0 Å². The van der Waals surface area contributed by atoms with Crippen molar-refractivity contribution in [3.05, 3.63) is 12.4 Å². The summed E-state index contributed by atoms with van der Waals surface area (Å²) in [6.45, 7) is 2.80. The quantitative estimate of drug-likeness (QED) is 0.842. The predicted molar refractivity (Wildman–Crippen MR) is 79.7 cm³/mol. The van der Waals surface area contributed by atoms with Gasteiger partial charge in [-0.05, 0) is 32.2 Å². The molecule has 20 heavy (non-hydrogen) atoms. The molecule has 0 aliphatic heterocycles. The summed E-state index contributed by atoms with van der Waals surface area (Å²) in [7, 11) is 3.47. The van der Waals surface area contributed by atoms with E-state index < -0.39 is 5.54 Å². The summed E-state index contributed by atoms with van der Waals surface area (Å²) in [5.74, 6) is -0.135. The summed E-state index contributed by atoms with van der Waals surface area (Å²) in [6, 6.07) is 0. The number of thioether (sulfide) groups is 1. The predicted octanol–water partition coefficient (Wildman–Crippen LogP) is 1.98. The van der Waals surface area contributed by atoms with Crippen molar-refractivity contribution in [3.8, 4) is 0 Å². The van der Waals surface area contributed by atoms with E-state index in [1.165, 1.54) is 7.11 Å². The SMILES string of the molecule is CCNC1(C(=O)OC)CCCC(Sc2nccn2C)C1. The minimum Gasteiger partial charge on any atom is -0.468 e. The lowest BCUT2D eigenvalue weighted by atomic mass is 9.81. The number of aromatic nitrogens is 2. The van der Waals surface area contributed by atoms with Crippen LogP contribution in [0.2, 0.25) is 0 Å². The molecule has 1 fully saturated rings. The first-order valence-electron chi connectivity index (χ1n) is 7.08. The molecule has 0 bridgehead atoms. The normalized spacial score (nSPS) is 26.4. The van der Waals surface area contributed by atoms with E-state index in [1.54, 1.807) is 11.8 Å². The lowest BCUT2D eigenvalue weighted by molar-refractivity contribution is -0.150. The highest BCUT2D eigenvalue weighted by Gasteiger charge is 2.43. The van der Waals surface area contributed by atoms with Crippen LogP contribution in [0.1, 0.15) is 32.6 Å². The largest absolute Gasteiger partial charge is 0.468 e. The number of likely N-dealkylation sites (N-methyl/N-ethyl adjacent to an activating group) is 1. The molecule has 1 N–H and O–H groups in total. The molecule has 0 radical (unpaired) electrons. The molecular formula is C14H23N3O2S. The van der Waals surface area contributed by atoms with Crippen molar-refractivity contribution in [1.82, 2.24) is 14.9 Å². The molecule has 5 nitrogen and oxygen atoms in total. The molecule has 2 atom stereocenters. The molecule has 1 aliphatic carbocycles. The number of ether oxygens (including phenoxy) is 1. The number of hydrogen-bond donors (Lipinski definition) is 1. The number of nitrogens with zero attached hydrogens (tertiary/aromatic N) is 2. The second kappa shape index (κ2) is 6.63. The van der Waals surface area contributed by atoms with Gasteiger partial charge in [0.05, 0.1) is 7.11 Å². The molecule has 1 heterocycles. The zero-order chi connectivity index (χ0) is 14.6. The van der Waals surface area contributed by atoms with Crippen LogP contribution < -0.4 is 5.32 Å². The monoisotopic (exact) mass is 297 g/mol. The molecule has 2 unspecified atom stereocenters. The number of aryl methyl sites for hydroxylation is 1. The summed E-state index contributed by atoms with van der Waals surface area (Å²) in [6.07, 6.45) is 7.55. The van der Waals surface area contributed by atoms with Crippen molar-refractivity contribution in [2.75, 3.05) is 13.7 Å². The van der Waals surface area contributed by atoms with Gasteiger partial charge in [0.2, 0.25) is 0 Å². The van der Waals surface area contributed by atoms with Crippen molar-refractivity contribution in [3.63, 3.8) is 0 Å². The van der Waals surface area contributed by atoms with E-state index in [1.807, 2.05) is 30.9 Å². The van der Waals surface area contributed by atoms with Crippen LogP contribution in [0.4, 0.5) is 0 Å². The number of methoxy groups -OCH3 is 1. The Morgan fingerprint density at radius 1 is 1.70 bits per heavy atom. The van der Waals surface area contributed by atoms with Gasteiger partial charge >= 0.3 is 5.97 Å². The van der Waals surface area contributed by atoms with Crippen LogP contribution in [0.25, 0.3) is 0 Å². The van der Waals surface area contributed by atoms with Gasteiger partial charge < -0.3 is 14.6 Å². The Kier molecular flexibility index (Phi) is 5.10. The van der Waals surface area contributed by atoms with Crippen molar-refractivity contribution in [2.24, 2.45) is 7.05 Å². The summed E-state index contributed by atoms with van der Waals surface area (Å²) in [4.78, 5) is 16.5. The van der Waals surface area contributed by atoms with E-state index in [9.17, 15) is 4.79 Å². The minimum absolute atomic E-state index is 0.135. The molecule has 0 aromatic carbocycles. The fraction of sp³-hybridized carbons (Fsp3) is 0.714. The van der Waals surface area contributed by atoms with Gasteiger partial charge in [-0.2, -0.15) is 0 Å². The molecule has 1 saturated carbocycles. The van der Waals surface area contributed by atoms with Gasteiger partial charge in [0.15, 0.2) is 5.16 Å². The third kappa shape index (κ3) is 3.17. The second-order valence-corrected chi connectivity index (χ2v) is 6.53. The summed E-state index contributed by atoms with van der Waals surface area (Å²) in [5, 5.41) is 4.76. The minimum atomic E-state index is -0.523. The zero-order valence-electron chi connectivity index (χ0n) is 12.4. The van der Waals surface area contributed by atoms with Crippen LogP contribution in [0.5, 0.6) is 0 Å². The maximum atomic E-state index is 12.2. The number of carbonyl (C=O) groups excluding carboxylic acids is 1. The lowest BCUT2D eigenvalue weighted by Crippen LogP contribution is -2.56. The molecule has 112 valence electrons. The Hall–Kier alpha value is -1.01. The molecule has 1 aliphatic rings. The summed E-state index contributed by atoms with van der Waals surface area (Å²) < 4.78 is 7.04. The fourth-order valence-corrected chi connectivity index (χ4v) is 4.19. The van der Waals surface area contributed by atoms with Crippen LogP contribution in [-0.4, -0.2) is 40.0 Å². The highest BCUT2D eigenvalue weighted by molar-refractivity contribution is 7.99. The first-order chi connectivity index (χ1) is 9.61. The Bertz CT molecular complexity index is 459. The third-order valence-electron chi connectivity index (χ3n) is 3.85. The van der Waals surface area contributed by atoms with Crippen LogP contribution in [-0.2, 0) is 16.6 Å². The van der Waals surface area contributed by atoms with Crippen LogP contribution in [0.3, 0.4) is 0 Å². The number of nitrogens with one attached hydrogen (secondary N) is 1. The average Bonchev–Trinajstić information content (AvgIpc) is 2.84. The molecule has 0 spiro atoms. The van der Waals surface area contributed by atoms with Crippen molar-refractivity contribution < 1.29 is 9.53 Å². The van der Waals surface area contributed by atoms with Gasteiger partial charge in [0, 0.05) is 24.7 Å². The number of imidazole rings is 1. The van der Waals surface area contributed by atoms with Gasteiger partial charge in [0.25, 0.3) is 0 Å². The molecule has 2 rings (SSSR count). The summed E-state index contributed by atoms with van der Waals surface area (Å²) in [5.41, 5.74) is -0.523. The standard InChI is InChI=1S/C14H23N3O2S/c1-4-16-14(12(18)19-3)7-5-6-11(10-14)20-13-15-8-9-17(13)2/h8-9,11,16H,4-7,10H2,1-3H3. The van der Waals surface area contributed by atoms with E-state index in [2.05, 4.69) is 10.3 Å². The molecule has 1 aromatic rings. The van der Waals surface area contributed by atoms with Crippen LogP contribution in [0.15, 0.2) is 17.6 Å².